The fraction of sp³-hybridized carbons (Fsp3) is 0.462. The van der Waals surface area contributed by atoms with Gasteiger partial charge < -0.3 is 15.0 Å². The van der Waals surface area contributed by atoms with Crippen molar-refractivity contribution in [2.45, 2.75) is 57.7 Å². The van der Waals surface area contributed by atoms with Gasteiger partial charge in [0.25, 0.3) is 0 Å². The van der Waals surface area contributed by atoms with Gasteiger partial charge in [-0.25, -0.2) is 8.42 Å². The first kappa shape index (κ1) is 27.8. The Labute approximate surface area is 218 Å². The van der Waals surface area contributed by atoms with Crippen molar-refractivity contribution in [1.82, 2.24) is 10.2 Å². The molecule has 0 heterocycles. The number of nitrogens with one attached hydrogen (secondary N) is 1. The van der Waals surface area contributed by atoms with E-state index in [4.69, 9.17) is 16.3 Å². The van der Waals surface area contributed by atoms with Crippen LogP contribution in [0, 0.1) is 0 Å². The highest BCUT2D eigenvalue weighted by Crippen LogP contribution is 2.30. The summed E-state index contributed by atoms with van der Waals surface area (Å²) in [5.41, 5.74) is 0.904. The van der Waals surface area contributed by atoms with Gasteiger partial charge in [0.05, 0.1) is 19.1 Å². The van der Waals surface area contributed by atoms with Crippen LogP contribution in [0.5, 0.6) is 5.75 Å². The van der Waals surface area contributed by atoms with E-state index in [1.807, 2.05) is 0 Å². The first-order valence-corrected chi connectivity index (χ1v) is 14.3. The Morgan fingerprint density at radius 1 is 1.08 bits per heavy atom. The molecule has 196 valence electrons. The van der Waals surface area contributed by atoms with Crippen LogP contribution in [0.4, 0.5) is 5.69 Å². The molecular weight excluding hydrogens is 502 g/mol. The summed E-state index contributed by atoms with van der Waals surface area (Å²) >= 11 is 6.37. The lowest BCUT2D eigenvalue weighted by Gasteiger charge is -2.33. The minimum Gasteiger partial charge on any atom is -0.495 e. The first-order chi connectivity index (χ1) is 17.1. The monoisotopic (exact) mass is 535 g/mol. The van der Waals surface area contributed by atoms with Crippen LogP contribution >= 0.6 is 11.6 Å². The molecule has 2 amide bonds. The van der Waals surface area contributed by atoms with E-state index in [1.54, 1.807) is 55.5 Å². The smallest absolute Gasteiger partial charge is 0.244 e. The molecule has 0 radical (unpaired) electrons. The molecule has 0 aliphatic heterocycles. The molecule has 0 spiro atoms. The molecule has 3 rings (SSSR count). The third-order valence-corrected chi connectivity index (χ3v) is 7.95. The number of carbonyl (C=O) groups excluding carboxylic acids is 2. The van der Waals surface area contributed by atoms with Crippen molar-refractivity contribution in [1.29, 1.82) is 0 Å². The number of hydrogen-bond donors (Lipinski definition) is 1. The second kappa shape index (κ2) is 12.5. The number of sulfonamides is 1. The Morgan fingerprint density at radius 3 is 2.36 bits per heavy atom. The molecule has 8 nitrogen and oxygen atoms in total. The average molecular weight is 536 g/mol. The van der Waals surface area contributed by atoms with Crippen LogP contribution in [0.1, 0.15) is 44.6 Å². The van der Waals surface area contributed by atoms with E-state index in [1.165, 1.54) is 12.0 Å². The SMILES string of the molecule is COc1ccccc1N(CC(=O)N(Cc1ccccc1Cl)C(C)C(=O)NC1CCCCC1)S(C)(=O)=O. The predicted molar refractivity (Wildman–Crippen MR) is 142 cm³/mol. The number of methoxy groups -OCH3 is 1. The molecule has 1 unspecified atom stereocenters. The van der Waals surface area contributed by atoms with Gasteiger partial charge in [0.1, 0.15) is 18.3 Å². The van der Waals surface area contributed by atoms with Crippen LogP contribution in [0.3, 0.4) is 0 Å². The number of anilines is 1. The molecule has 0 aromatic heterocycles. The van der Waals surface area contributed by atoms with Crippen LogP contribution in [-0.2, 0) is 26.2 Å². The van der Waals surface area contributed by atoms with E-state index >= 15 is 0 Å². The zero-order chi connectivity index (χ0) is 26.3. The molecule has 2 aromatic rings. The van der Waals surface area contributed by atoms with Gasteiger partial charge in [-0.2, -0.15) is 0 Å². The van der Waals surface area contributed by atoms with Gasteiger partial charge >= 0.3 is 0 Å². The van der Waals surface area contributed by atoms with Crippen LogP contribution in [0.25, 0.3) is 0 Å². The standard InChI is InChI=1S/C26H34ClN3O5S/c1-19(26(32)28-21-12-5-4-6-13-21)29(17-20-11-7-8-14-22(20)27)25(31)18-30(36(3,33)34)23-15-9-10-16-24(23)35-2/h7-11,14-16,19,21H,4-6,12-13,17-18H2,1-3H3,(H,28,32). The van der Waals surface area contributed by atoms with Crippen molar-refractivity contribution in [3.05, 3.63) is 59.1 Å². The van der Waals surface area contributed by atoms with E-state index in [2.05, 4.69) is 5.32 Å². The number of hydrogen-bond acceptors (Lipinski definition) is 5. The summed E-state index contributed by atoms with van der Waals surface area (Å²) in [4.78, 5) is 28.3. The minimum atomic E-state index is -3.85. The van der Waals surface area contributed by atoms with Crippen molar-refractivity contribution in [3.63, 3.8) is 0 Å². The molecule has 1 aliphatic rings. The maximum atomic E-state index is 13.7. The normalized spacial score (nSPS) is 15.1. The van der Waals surface area contributed by atoms with Gasteiger partial charge in [0, 0.05) is 17.6 Å². The number of ether oxygens (including phenoxy) is 1. The van der Waals surface area contributed by atoms with E-state index in [0.717, 1.165) is 42.7 Å². The summed E-state index contributed by atoms with van der Waals surface area (Å²) < 4.78 is 31.8. The maximum absolute atomic E-state index is 13.7. The first-order valence-electron chi connectivity index (χ1n) is 12.1. The second-order valence-corrected chi connectivity index (χ2v) is 11.4. The number of benzene rings is 2. The van der Waals surface area contributed by atoms with Gasteiger partial charge in [0.15, 0.2) is 0 Å². The lowest BCUT2D eigenvalue weighted by atomic mass is 9.95. The predicted octanol–water partition coefficient (Wildman–Crippen LogP) is 3.98. The molecule has 1 N–H and O–H groups in total. The van der Waals surface area contributed by atoms with Crippen molar-refractivity contribution in [2.75, 3.05) is 24.2 Å². The van der Waals surface area contributed by atoms with Crippen LogP contribution in [0.2, 0.25) is 5.02 Å². The Bertz CT molecular complexity index is 1170. The number of rotatable bonds is 10. The molecule has 10 heteroatoms. The van der Waals surface area contributed by atoms with Crippen LogP contribution in [0.15, 0.2) is 48.5 Å². The second-order valence-electron chi connectivity index (χ2n) is 9.07. The Balaban J connectivity index is 1.90. The van der Waals surface area contributed by atoms with Gasteiger partial charge in [-0.3, -0.25) is 13.9 Å². The fourth-order valence-electron chi connectivity index (χ4n) is 4.39. The van der Waals surface area contributed by atoms with Crippen LogP contribution in [-0.4, -0.2) is 57.1 Å². The zero-order valence-corrected chi connectivity index (χ0v) is 22.5. The highest BCUT2D eigenvalue weighted by atomic mass is 35.5. The number of nitrogens with zero attached hydrogens (tertiary/aromatic N) is 2. The van der Waals surface area contributed by atoms with E-state index in [0.29, 0.717) is 16.3 Å². The van der Waals surface area contributed by atoms with Gasteiger partial charge in [0.2, 0.25) is 21.8 Å². The highest BCUT2D eigenvalue weighted by Gasteiger charge is 2.32. The molecule has 1 fully saturated rings. The quantitative estimate of drug-likeness (QED) is 0.496. The van der Waals surface area contributed by atoms with Crippen LogP contribution < -0.4 is 14.4 Å². The van der Waals surface area contributed by atoms with Crippen molar-refractivity contribution in [2.24, 2.45) is 0 Å². The van der Waals surface area contributed by atoms with Crippen molar-refractivity contribution in [3.8, 4) is 5.75 Å². The van der Waals surface area contributed by atoms with Gasteiger partial charge in [-0.15, -0.1) is 0 Å². The summed E-state index contributed by atoms with van der Waals surface area (Å²) in [6.45, 7) is 1.22. The lowest BCUT2D eigenvalue weighted by Crippen LogP contribution is -2.53. The molecule has 2 aromatic carbocycles. The molecule has 1 aliphatic carbocycles. The van der Waals surface area contributed by atoms with E-state index < -0.39 is 28.5 Å². The largest absolute Gasteiger partial charge is 0.495 e. The van der Waals surface area contributed by atoms with E-state index in [-0.39, 0.29) is 24.2 Å². The molecular formula is C26H34ClN3O5S. The number of para-hydroxylation sites is 2. The summed E-state index contributed by atoms with van der Waals surface area (Å²) in [6, 6.07) is 12.9. The molecule has 1 saturated carbocycles. The minimum absolute atomic E-state index is 0.0568. The van der Waals surface area contributed by atoms with Crippen molar-refractivity contribution >= 4 is 39.1 Å². The maximum Gasteiger partial charge on any atom is 0.244 e. The summed E-state index contributed by atoms with van der Waals surface area (Å²) in [7, 11) is -2.42. The summed E-state index contributed by atoms with van der Waals surface area (Å²) in [6.07, 6.45) is 6.13. The van der Waals surface area contributed by atoms with Crippen molar-refractivity contribution < 1.29 is 22.7 Å². The molecule has 36 heavy (non-hydrogen) atoms. The Morgan fingerprint density at radius 2 is 1.72 bits per heavy atom. The number of carbonyl (C=O) groups is 2. The van der Waals surface area contributed by atoms with Gasteiger partial charge in [-0.05, 0) is 43.5 Å². The summed E-state index contributed by atoms with van der Waals surface area (Å²) in [5.74, 6) is -0.487. The molecule has 0 bridgehead atoms. The Kier molecular flexibility index (Phi) is 9.62. The number of halogens is 1. The molecule has 1 atom stereocenters. The topological polar surface area (TPSA) is 96.0 Å². The van der Waals surface area contributed by atoms with E-state index in [9.17, 15) is 18.0 Å². The fourth-order valence-corrected chi connectivity index (χ4v) is 5.44. The molecule has 0 saturated heterocycles. The average Bonchev–Trinajstić information content (AvgIpc) is 2.86. The third-order valence-electron chi connectivity index (χ3n) is 6.45. The highest BCUT2D eigenvalue weighted by molar-refractivity contribution is 7.92. The third kappa shape index (κ3) is 7.13. The zero-order valence-electron chi connectivity index (χ0n) is 20.9. The lowest BCUT2D eigenvalue weighted by molar-refractivity contribution is -0.139. The Hall–Kier alpha value is -2.78. The van der Waals surface area contributed by atoms with Gasteiger partial charge in [-0.1, -0.05) is 61.2 Å². The summed E-state index contributed by atoms with van der Waals surface area (Å²) in [5, 5.41) is 3.53. The number of amides is 2.